The van der Waals surface area contributed by atoms with Gasteiger partial charge < -0.3 is 15.5 Å². The number of nitrogens with zero attached hydrogens (tertiary/aromatic N) is 1. The van der Waals surface area contributed by atoms with Crippen LogP contribution in [0.2, 0.25) is 5.02 Å². The lowest BCUT2D eigenvalue weighted by molar-refractivity contribution is 0.0724. The second kappa shape index (κ2) is 9.60. The maximum Gasteiger partial charge on any atom is 0.253 e. The molecule has 0 atom stereocenters. The Kier molecular flexibility index (Phi) is 6.92. The van der Waals surface area contributed by atoms with Gasteiger partial charge in [-0.15, -0.1) is 0 Å². The van der Waals surface area contributed by atoms with Crippen molar-refractivity contribution < 1.29 is 4.79 Å². The van der Waals surface area contributed by atoms with Crippen LogP contribution >= 0.6 is 11.6 Å². The van der Waals surface area contributed by atoms with E-state index in [1.54, 1.807) is 0 Å². The lowest BCUT2D eigenvalue weighted by Crippen LogP contribution is -2.35. The Morgan fingerprint density at radius 3 is 2.62 bits per heavy atom. The maximum atomic E-state index is 12.6. The normalized spacial score (nSPS) is 14.3. The minimum atomic E-state index is 0.161. The van der Waals surface area contributed by atoms with E-state index in [-0.39, 0.29) is 5.91 Å². The number of hydrogen-bond acceptors (Lipinski definition) is 3. The molecule has 1 aliphatic rings. The van der Waals surface area contributed by atoms with E-state index in [1.807, 2.05) is 47.4 Å². The number of carbonyl (C=O) groups excluding carboxylic acids is 1. The van der Waals surface area contributed by atoms with Crippen LogP contribution in [0.3, 0.4) is 0 Å². The number of benzene rings is 2. The van der Waals surface area contributed by atoms with Crippen molar-refractivity contribution >= 4 is 23.2 Å². The Labute approximate surface area is 160 Å². The van der Waals surface area contributed by atoms with Crippen molar-refractivity contribution in [2.24, 2.45) is 0 Å². The molecular formula is C21H26ClN3O. The Morgan fingerprint density at radius 1 is 1.00 bits per heavy atom. The molecule has 138 valence electrons. The third-order valence-corrected chi connectivity index (χ3v) is 4.84. The van der Waals surface area contributed by atoms with E-state index in [0.717, 1.165) is 67.4 Å². The molecule has 1 saturated heterocycles. The first-order valence-corrected chi connectivity index (χ1v) is 9.68. The van der Waals surface area contributed by atoms with E-state index in [4.69, 9.17) is 11.6 Å². The molecule has 0 bridgehead atoms. The minimum absolute atomic E-state index is 0.161. The van der Waals surface area contributed by atoms with Gasteiger partial charge in [0.2, 0.25) is 0 Å². The number of rotatable bonds is 7. The topological polar surface area (TPSA) is 44.4 Å². The first-order chi connectivity index (χ1) is 12.7. The molecule has 26 heavy (non-hydrogen) atoms. The summed E-state index contributed by atoms with van der Waals surface area (Å²) in [6, 6.07) is 15.7. The molecule has 5 heteroatoms. The van der Waals surface area contributed by atoms with Gasteiger partial charge in [0, 0.05) is 49.0 Å². The summed E-state index contributed by atoms with van der Waals surface area (Å²) in [5.41, 5.74) is 2.95. The molecule has 1 heterocycles. The summed E-state index contributed by atoms with van der Waals surface area (Å²) in [5.74, 6) is 0.161. The van der Waals surface area contributed by atoms with Crippen molar-refractivity contribution in [2.45, 2.75) is 25.8 Å². The summed E-state index contributed by atoms with van der Waals surface area (Å²) in [6.07, 6.45) is 3.47. The zero-order valence-corrected chi connectivity index (χ0v) is 15.8. The van der Waals surface area contributed by atoms with Crippen molar-refractivity contribution in [3.63, 3.8) is 0 Å². The average Bonchev–Trinajstić information content (AvgIpc) is 2.68. The molecule has 1 fully saturated rings. The molecule has 2 aromatic carbocycles. The number of anilines is 1. The highest BCUT2D eigenvalue weighted by Crippen LogP contribution is 2.15. The number of hydrogen-bond donors (Lipinski definition) is 2. The summed E-state index contributed by atoms with van der Waals surface area (Å²) in [4.78, 5) is 14.6. The van der Waals surface area contributed by atoms with E-state index < -0.39 is 0 Å². The highest BCUT2D eigenvalue weighted by Gasteiger charge is 2.18. The van der Waals surface area contributed by atoms with Gasteiger partial charge in [0.25, 0.3) is 5.91 Å². The average molecular weight is 372 g/mol. The molecule has 2 aromatic rings. The van der Waals surface area contributed by atoms with Crippen molar-refractivity contribution in [2.75, 3.05) is 31.5 Å². The van der Waals surface area contributed by atoms with Crippen molar-refractivity contribution in [3.8, 4) is 0 Å². The molecule has 1 aliphatic heterocycles. The number of nitrogens with one attached hydrogen (secondary N) is 2. The number of amides is 1. The van der Waals surface area contributed by atoms with Crippen LogP contribution in [0.1, 0.15) is 35.2 Å². The minimum Gasteiger partial charge on any atom is -0.384 e. The highest BCUT2D eigenvalue weighted by molar-refractivity contribution is 6.30. The van der Waals surface area contributed by atoms with E-state index in [2.05, 4.69) is 16.7 Å². The zero-order valence-electron chi connectivity index (χ0n) is 15.0. The molecule has 0 unspecified atom stereocenters. The summed E-state index contributed by atoms with van der Waals surface area (Å²) in [7, 11) is 0. The number of halogens is 1. The number of piperidine rings is 1. The van der Waals surface area contributed by atoms with Gasteiger partial charge in [0.15, 0.2) is 0 Å². The van der Waals surface area contributed by atoms with Crippen molar-refractivity contribution in [1.29, 1.82) is 0 Å². The summed E-state index contributed by atoms with van der Waals surface area (Å²) < 4.78 is 0. The predicted octanol–water partition coefficient (Wildman–Crippen LogP) is 4.17. The van der Waals surface area contributed by atoms with Gasteiger partial charge in [-0.2, -0.15) is 0 Å². The van der Waals surface area contributed by atoms with Gasteiger partial charge in [-0.1, -0.05) is 29.8 Å². The Hall–Kier alpha value is -2.04. The molecule has 0 spiro atoms. The standard InChI is InChI=1S/C21H26ClN3O/c22-19-8-5-9-20(15-19)24-11-10-23-16-17-6-4-7-18(14-17)21(26)25-12-2-1-3-13-25/h4-9,14-15,23-24H,1-3,10-13,16H2. The van der Waals surface area contributed by atoms with E-state index in [0.29, 0.717) is 0 Å². The smallest absolute Gasteiger partial charge is 0.253 e. The lowest BCUT2D eigenvalue weighted by Gasteiger charge is -2.26. The summed E-state index contributed by atoms with van der Waals surface area (Å²) >= 11 is 5.97. The molecule has 3 rings (SSSR count). The maximum absolute atomic E-state index is 12.6. The largest absolute Gasteiger partial charge is 0.384 e. The quantitative estimate of drug-likeness (QED) is 0.718. The van der Waals surface area contributed by atoms with Gasteiger partial charge in [0.1, 0.15) is 0 Å². The van der Waals surface area contributed by atoms with Crippen LogP contribution in [0.15, 0.2) is 48.5 Å². The fourth-order valence-corrected chi connectivity index (χ4v) is 3.41. The first-order valence-electron chi connectivity index (χ1n) is 9.31. The van der Waals surface area contributed by atoms with Crippen molar-refractivity contribution in [3.05, 3.63) is 64.7 Å². The van der Waals surface area contributed by atoms with E-state index in [9.17, 15) is 4.79 Å². The third-order valence-electron chi connectivity index (χ3n) is 4.60. The molecule has 2 N–H and O–H groups in total. The van der Waals surface area contributed by atoms with Crippen LogP contribution in [0.25, 0.3) is 0 Å². The summed E-state index contributed by atoms with van der Waals surface area (Å²) in [5, 5.41) is 7.48. The molecule has 0 radical (unpaired) electrons. The predicted molar refractivity (Wildman–Crippen MR) is 108 cm³/mol. The molecule has 0 aromatic heterocycles. The Bertz CT molecular complexity index is 729. The van der Waals surface area contributed by atoms with Crippen LogP contribution in [0.5, 0.6) is 0 Å². The lowest BCUT2D eigenvalue weighted by atomic mass is 10.1. The van der Waals surface area contributed by atoms with Crippen molar-refractivity contribution in [1.82, 2.24) is 10.2 Å². The van der Waals surface area contributed by atoms with Gasteiger partial charge in [-0.3, -0.25) is 4.79 Å². The molecular weight excluding hydrogens is 346 g/mol. The van der Waals surface area contributed by atoms with Crippen LogP contribution < -0.4 is 10.6 Å². The third kappa shape index (κ3) is 5.48. The Balaban J connectivity index is 1.44. The second-order valence-electron chi connectivity index (χ2n) is 6.67. The highest BCUT2D eigenvalue weighted by atomic mass is 35.5. The zero-order chi connectivity index (χ0) is 18.2. The molecule has 4 nitrogen and oxygen atoms in total. The van der Waals surface area contributed by atoms with E-state index in [1.165, 1.54) is 6.42 Å². The first kappa shape index (κ1) is 18.7. The molecule has 0 aliphatic carbocycles. The fourth-order valence-electron chi connectivity index (χ4n) is 3.22. The second-order valence-corrected chi connectivity index (χ2v) is 7.10. The summed E-state index contributed by atoms with van der Waals surface area (Å²) in [6.45, 7) is 4.16. The van der Waals surface area contributed by atoms with Gasteiger partial charge in [-0.25, -0.2) is 0 Å². The molecule has 0 saturated carbocycles. The SMILES string of the molecule is O=C(c1cccc(CNCCNc2cccc(Cl)c2)c1)N1CCCCC1. The number of likely N-dealkylation sites (tertiary alicyclic amines) is 1. The van der Waals surface area contributed by atoms with Crippen LogP contribution in [-0.2, 0) is 6.54 Å². The van der Waals surface area contributed by atoms with Gasteiger partial charge in [0.05, 0.1) is 0 Å². The van der Waals surface area contributed by atoms with Gasteiger partial charge in [-0.05, 0) is 55.2 Å². The van der Waals surface area contributed by atoms with Crippen LogP contribution in [0, 0.1) is 0 Å². The van der Waals surface area contributed by atoms with E-state index >= 15 is 0 Å². The Morgan fingerprint density at radius 2 is 1.81 bits per heavy atom. The van der Waals surface area contributed by atoms with Crippen LogP contribution in [0.4, 0.5) is 5.69 Å². The molecule has 1 amide bonds. The van der Waals surface area contributed by atoms with Crippen LogP contribution in [-0.4, -0.2) is 37.0 Å². The number of carbonyl (C=O) groups is 1. The van der Waals surface area contributed by atoms with Gasteiger partial charge >= 0.3 is 0 Å². The monoisotopic (exact) mass is 371 g/mol. The fraction of sp³-hybridized carbons (Fsp3) is 0.381.